The highest BCUT2D eigenvalue weighted by Crippen LogP contribution is 2.39. The van der Waals surface area contributed by atoms with Crippen molar-refractivity contribution in [3.8, 4) is 23.0 Å². The number of piperidine rings is 2. The standard InChI is InChI=1S/C56H66N4O11/c1-8-40(39-31-36(4)51(68-7)48(32-39)67-6)53(63)59-28-13-11-18-44(59)56(66)71-46(26-24-38-23-21-34(2)35(3)30-38)41-16-9-10-19-45(41)70-33-49(61)57-27-12-14-29-69-47-20-15-17-42-50(47)55(65)60(54(42)64)43-25-22-37(5)58-52(43)62/h9-10,15-17,19-21,23,30-32,40,43-44,46H,5,8,11-14,18,22,24-29,33H2,1-4,6-7H3,(H,57,61)(H,58,62)/t40-,43?,44-,46+/m0/s1. The van der Waals surface area contributed by atoms with Crippen LogP contribution in [0.1, 0.15) is 131 Å². The number of para-hydroxylation sites is 1. The molecule has 1 unspecified atom stereocenters. The van der Waals surface area contributed by atoms with E-state index in [1.165, 1.54) is 5.56 Å². The van der Waals surface area contributed by atoms with E-state index in [4.69, 9.17) is 23.7 Å². The van der Waals surface area contributed by atoms with Gasteiger partial charge in [-0.05, 0) is 137 Å². The van der Waals surface area contributed by atoms with Crippen molar-refractivity contribution in [2.24, 2.45) is 0 Å². The van der Waals surface area contributed by atoms with Crippen molar-refractivity contribution in [2.45, 2.75) is 116 Å². The average molecular weight is 971 g/mol. The Balaban J connectivity index is 0.972. The third-order valence-corrected chi connectivity index (χ3v) is 13.7. The Morgan fingerprint density at radius 3 is 2.37 bits per heavy atom. The van der Waals surface area contributed by atoms with Crippen molar-refractivity contribution in [1.82, 2.24) is 20.4 Å². The van der Waals surface area contributed by atoms with Gasteiger partial charge in [0, 0.05) is 24.4 Å². The van der Waals surface area contributed by atoms with Crippen LogP contribution in [0.2, 0.25) is 0 Å². The lowest BCUT2D eigenvalue weighted by Gasteiger charge is -2.37. The molecule has 3 aliphatic rings. The van der Waals surface area contributed by atoms with Gasteiger partial charge in [0.1, 0.15) is 29.7 Å². The summed E-state index contributed by atoms with van der Waals surface area (Å²) < 4.78 is 29.8. The number of benzene rings is 4. The Kier molecular flexibility index (Phi) is 17.2. The van der Waals surface area contributed by atoms with Gasteiger partial charge < -0.3 is 39.2 Å². The second-order valence-corrected chi connectivity index (χ2v) is 18.5. The van der Waals surface area contributed by atoms with E-state index in [0.29, 0.717) is 93.0 Å². The first-order valence-corrected chi connectivity index (χ1v) is 24.6. The Hall–Kier alpha value is -7.16. The smallest absolute Gasteiger partial charge is 0.329 e. The van der Waals surface area contributed by atoms with Crippen LogP contribution in [0.15, 0.2) is 85.1 Å². The Morgan fingerprint density at radius 1 is 0.831 bits per heavy atom. The molecule has 2 N–H and O–H groups in total. The summed E-state index contributed by atoms with van der Waals surface area (Å²) in [5.74, 6) is -1.24. The van der Waals surface area contributed by atoms with Crippen molar-refractivity contribution in [1.29, 1.82) is 0 Å². The molecule has 0 bridgehead atoms. The second-order valence-electron chi connectivity index (χ2n) is 18.5. The third kappa shape index (κ3) is 11.9. The summed E-state index contributed by atoms with van der Waals surface area (Å²) in [7, 11) is 3.15. The SMILES string of the molecule is C=C1CCC(N2C(=O)c3cccc(OCCCCNC(=O)COc4ccccc4[C@@H](CCc4ccc(C)c(C)c4)OC(=O)[C@@H]4CCCCN4C(=O)[C@@H](CC)c4cc(C)c(OC)c(OC)c4)c3C2=O)C(=O)N1. The fourth-order valence-corrected chi connectivity index (χ4v) is 9.72. The molecule has 15 heteroatoms. The molecular formula is C56H66N4O11. The van der Waals surface area contributed by atoms with Crippen LogP contribution in [-0.4, -0.2) is 97.9 Å². The zero-order valence-corrected chi connectivity index (χ0v) is 41.7. The van der Waals surface area contributed by atoms with E-state index >= 15 is 0 Å². The first-order chi connectivity index (χ1) is 34.2. The number of carbonyl (C=O) groups excluding carboxylic acids is 6. The number of hydrogen-bond donors (Lipinski definition) is 2. The van der Waals surface area contributed by atoms with Gasteiger partial charge in [-0.3, -0.25) is 28.9 Å². The molecule has 2 saturated heterocycles. The predicted octanol–water partition coefficient (Wildman–Crippen LogP) is 8.16. The Morgan fingerprint density at radius 2 is 1.62 bits per heavy atom. The molecule has 0 spiro atoms. The zero-order chi connectivity index (χ0) is 50.8. The highest BCUT2D eigenvalue weighted by atomic mass is 16.5. The molecule has 4 atom stereocenters. The van der Waals surface area contributed by atoms with E-state index in [0.717, 1.165) is 40.0 Å². The number of fused-ring (bicyclic) bond motifs is 1. The number of methoxy groups -OCH3 is 2. The molecule has 2 fully saturated rings. The minimum atomic E-state index is -0.924. The van der Waals surface area contributed by atoms with Crippen molar-refractivity contribution in [2.75, 3.05) is 40.5 Å². The monoisotopic (exact) mass is 970 g/mol. The van der Waals surface area contributed by atoms with Crippen LogP contribution in [-0.2, 0) is 30.3 Å². The van der Waals surface area contributed by atoms with Gasteiger partial charge in [-0.15, -0.1) is 0 Å². The number of esters is 1. The fourth-order valence-electron chi connectivity index (χ4n) is 9.72. The quantitative estimate of drug-likeness (QED) is 0.0468. The molecule has 0 aliphatic carbocycles. The summed E-state index contributed by atoms with van der Waals surface area (Å²) in [6.45, 7) is 12.5. The van der Waals surface area contributed by atoms with Crippen LogP contribution in [0, 0.1) is 20.8 Å². The third-order valence-electron chi connectivity index (χ3n) is 13.7. The molecule has 3 aliphatic heterocycles. The van der Waals surface area contributed by atoms with Crippen LogP contribution in [0.3, 0.4) is 0 Å². The summed E-state index contributed by atoms with van der Waals surface area (Å²) in [6, 6.07) is 20.4. The maximum atomic E-state index is 14.5. The van der Waals surface area contributed by atoms with Crippen molar-refractivity contribution >= 4 is 35.5 Å². The van der Waals surface area contributed by atoms with Crippen molar-refractivity contribution in [3.63, 3.8) is 0 Å². The number of nitrogens with zero attached hydrogens (tertiary/aromatic N) is 2. The van der Waals surface area contributed by atoms with E-state index in [2.05, 4.69) is 49.3 Å². The number of allylic oxidation sites excluding steroid dienone is 1. The van der Waals surface area contributed by atoms with E-state index in [1.54, 1.807) is 49.5 Å². The number of imide groups is 1. The minimum absolute atomic E-state index is 0.136. The van der Waals surface area contributed by atoms with Crippen LogP contribution in [0.4, 0.5) is 0 Å². The molecule has 4 aromatic carbocycles. The van der Waals surface area contributed by atoms with Crippen LogP contribution in [0.5, 0.6) is 23.0 Å². The number of likely N-dealkylation sites (tertiary alicyclic amines) is 1. The summed E-state index contributed by atoms with van der Waals surface area (Å²) in [5.41, 5.74) is 6.54. The molecular weight excluding hydrogens is 905 g/mol. The number of carbonyl (C=O) groups is 6. The first kappa shape index (κ1) is 51.7. The normalized spacial score (nSPS) is 17.5. The molecule has 15 nitrogen and oxygen atoms in total. The van der Waals surface area contributed by atoms with Gasteiger partial charge in [0.25, 0.3) is 17.7 Å². The van der Waals surface area contributed by atoms with Gasteiger partial charge in [-0.25, -0.2) is 4.79 Å². The lowest BCUT2D eigenvalue weighted by atomic mass is 9.91. The topological polar surface area (TPSA) is 179 Å². The zero-order valence-electron chi connectivity index (χ0n) is 41.7. The second kappa shape index (κ2) is 23.6. The van der Waals surface area contributed by atoms with Gasteiger partial charge in [0.05, 0.1) is 37.9 Å². The minimum Gasteiger partial charge on any atom is -0.493 e. The highest BCUT2D eigenvalue weighted by molar-refractivity contribution is 6.24. The van der Waals surface area contributed by atoms with Gasteiger partial charge in [-0.1, -0.05) is 62.0 Å². The molecule has 4 aromatic rings. The largest absolute Gasteiger partial charge is 0.493 e. The molecule has 0 saturated carbocycles. The number of amides is 5. The lowest BCUT2D eigenvalue weighted by molar-refractivity contribution is -0.162. The van der Waals surface area contributed by atoms with E-state index in [9.17, 15) is 28.8 Å². The molecule has 5 amide bonds. The number of ether oxygens (including phenoxy) is 5. The Labute approximate surface area is 416 Å². The summed E-state index contributed by atoms with van der Waals surface area (Å²) in [6.07, 6.45) is 4.61. The number of unbranched alkanes of at least 4 members (excludes halogenated alkanes) is 1. The van der Waals surface area contributed by atoms with Crippen LogP contribution < -0.4 is 29.6 Å². The lowest BCUT2D eigenvalue weighted by Crippen LogP contribution is -2.51. The molecule has 71 heavy (non-hydrogen) atoms. The van der Waals surface area contributed by atoms with E-state index in [-0.39, 0.29) is 41.9 Å². The van der Waals surface area contributed by atoms with E-state index in [1.807, 2.05) is 38.1 Å². The average Bonchev–Trinajstić information content (AvgIpc) is 3.62. The number of rotatable bonds is 21. The molecule has 7 rings (SSSR count). The Bertz CT molecular complexity index is 2660. The summed E-state index contributed by atoms with van der Waals surface area (Å²) in [4.78, 5) is 84.3. The maximum absolute atomic E-state index is 14.5. The van der Waals surface area contributed by atoms with Gasteiger partial charge in [0.2, 0.25) is 11.8 Å². The van der Waals surface area contributed by atoms with Gasteiger partial charge in [0.15, 0.2) is 18.1 Å². The first-order valence-electron chi connectivity index (χ1n) is 24.6. The van der Waals surface area contributed by atoms with Gasteiger partial charge in [-0.2, -0.15) is 0 Å². The van der Waals surface area contributed by atoms with Crippen molar-refractivity contribution < 1.29 is 52.5 Å². The van der Waals surface area contributed by atoms with Crippen molar-refractivity contribution in [3.05, 3.63) is 130 Å². The maximum Gasteiger partial charge on any atom is 0.329 e. The molecule has 376 valence electrons. The van der Waals surface area contributed by atoms with Crippen LogP contribution in [0.25, 0.3) is 0 Å². The highest BCUT2D eigenvalue weighted by Gasteiger charge is 2.45. The molecule has 0 radical (unpaired) electrons. The predicted molar refractivity (Wildman–Crippen MR) is 267 cm³/mol. The van der Waals surface area contributed by atoms with Crippen LogP contribution >= 0.6 is 0 Å². The summed E-state index contributed by atoms with van der Waals surface area (Å²) in [5, 5.41) is 5.53. The number of aryl methyl sites for hydroxylation is 4. The molecule has 0 aromatic heterocycles. The van der Waals surface area contributed by atoms with E-state index < -0.39 is 47.8 Å². The molecule has 3 heterocycles. The number of nitrogens with one attached hydrogen (secondary N) is 2. The summed E-state index contributed by atoms with van der Waals surface area (Å²) >= 11 is 0. The van der Waals surface area contributed by atoms with Gasteiger partial charge >= 0.3 is 5.97 Å². The number of hydrogen-bond acceptors (Lipinski definition) is 11. The fraction of sp³-hybridized carbons (Fsp3) is 0.429.